The van der Waals surface area contributed by atoms with Gasteiger partial charge in [0, 0.05) is 32.0 Å². The van der Waals surface area contributed by atoms with Gasteiger partial charge in [-0.15, -0.1) is 0 Å². The third-order valence-electron chi connectivity index (χ3n) is 3.98. The second-order valence-electron chi connectivity index (χ2n) is 6.59. The molecular weight excluding hydrogens is 334 g/mol. The molecule has 0 aliphatic carbocycles. The van der Waals surface area contributed by atoms with Crippen molar-refractivity contribution >= 4 is 5.69 Å². The molecule has 0 saturated carbocycles. The maximum absolute atomic E-state index is 10.3. The molecule has 26 heavy (non-hydrogen) atoms. The third-order valence-corrected chi connectivity index (χ3v) is 3.98. The van der Waals surface area contributed by atoms with E-state index in [9.17, 15) is 15.3 Å². The summed E-state index contributed by atoms with van der Waals surface area (Å²) in [5.41, 5.74) is 0.822. The van der Waals surface area contributed by atoms with Crippen LogP contribution in [0.15, 0.2) is 24.3 Å². The van der Waals surface area contributed by atoms with Gasteiger partial charge >= 0.3 is 0 Å². The Kier molecular flexibility index (Phi) is 12.1. The Morgan fingerprint density at radius 1 is 0.846 bits per heavy atom. The fraction of sp³-hybridized carbons (Fsp3) is 0.700. The van der Waals surface area contributed by atoms with Gasteiger partial charge in [0.15, 0.2) is 0 Å². The fourth-order valence-corrected chi connectivity index (χ4v) is 2.49. The monoisotopic (exact) mass is 369 g/mol. The summed E-state index contributed by atoms with van der Waals surface area (Å²) >= 11 is 0. The topological polar surface area (TPSA) is 82.4 Å². The summed E-state index contributed by atoms with van der Waals surface area (Å²) in [6.07, 6.45) is 2.74. The Bertz CT molecular complexity index is 434. The number of phenolic OH excluding ortho intramolecular Hbond substituents is 1. The van der Waals surface area contributed by atoms with E-state index in [1.807, 2.05) is 4.90 Å². The molecule has 0 fully saturated rings. The average Bonchev–Trinajstić information content (AvgIpc) is 2.62. The molecule has 0 radical (unpaired) electrons. The molecule has 0 aliphatic heterocycles. The summed E-state index contributed by atoms with van der Waals surface area (Å²) in [5, 5.41) is 30.0. The quantitative estimate of drug-likeness (QED) is 0.412. The molecule has 1 rings (SSSR count). The first kappa shape index (κ1) is 22.7. The van der Waals surface area contributed by atoms with Gasteiger partial charge in [0.25, 0.3) is 0 Å². The van der Waals surface area contributed by atoms with Crippen LogP contribution in [0.1, 0.15) is 39.5 Å². The van der Waals surface area contributed by atoms with E-state index >= 15 is 0 Å². The van der Waals surface area contributed by atoms with Gasteiger partial charge in [-0.2, -0.15) is 0 Å². The average molecular weight is 370 g/mol. The van der Waals surface area contributed by atoms with Crippen LogP contribution in [0, 0.1) is 0 Å². The van der Waals surface area contributed by atoms with Crippen molar-refractivity contribution in [1.29, 1.82) is 0 Å². The molecule has 2 atom stereocenters. The first-order valence-electron chi connectivity index (χ1n) is 9.62. The number of hydrogen-bond acceptors (Lipinski definition) is 6. The minimum Gasteiger partial charge on any atom is -0.508 e. The van der Waals surface area contributed by atoms with E-state index in [-0.39, 0.29) is 19.0 Å². The molecule has 0 saturated heterocycles. The van der Waals surface area contributed by atoms with Crippen LogP contribution in [0.5, 0.6) is 5.75 Å². The first-order chi connectivity index (χ1) is 12.6. The van der Waals surface area contributed by atoms with Crippen molar-refractivity contribution in [3.63, 3.8) is 0 Å². The lowest BCUT2D eigenvalue weighted by atomic mass is 10.2. The lowest BCUT2D eigenvalue weighted by Crippen LogP contribution is -2.41. The number of anilines is 1. The standard InChI is InChI=1S/C20H35NO5/c1-3-5-11-25-15-19(23)13-21(17-7-9-18(22)10-8-17)14-20(24)16-26-12-6-4-2/h7-10,19-20,22-24H,3-6,11-16H2,1-2H3. The van der Waals surface area contributed by atoms with E-state index < -0.39 is 12.2 Å². The summed E-state index contributed by atoms with van der Waals surface area (Å²) < 4.78 is 11.0. The van der Waals surface area contributed by atoms with E-state index in [0.29, 0.717) is 26.3 Å². The highest BCUT2D eigenvalue weighted by Crippen LogP contribution is 2.19. The van der Waals surface area contributed by atoms with Crippen molar-refractivity contribution in [2.45, 2.75) is 51.7 Å². The summed E-state index contributed by atoms with van der Waals surface area (Å²) in [4.78, 5) is 1.89. The summed E-state index contributed by atoms with van der Waals surface area (Å²) in [6, 6.07) is 6.72. The van der Waals surface area contributed by atoms with Crippen LogP contribution in [0.2, 0.25) is 0 Å². The molecule has 150 valence electrons. The number of aliphatic hydroxyl groups excluding tert-OH is 2. The van der Waals surface area contributed by atoms with Crippen LogP contribution in [0.3, 0.4) is 0 Å². The molecule has 0 amide bonds. The number of aliphatic hydroxyl groups is 2. The van der Waals surface area contributed by atoms with E-state index in [1.165, 1.54) is 0 Å². The van der Waals surface area contributed by atoms with Crippen molar-refractivity contribution < 1.29 is 24.8 Å². The molecular formula is C20H35NO5. The number of ether oxygens (including phenoxy) is 2. The fourth-order valence-electron chi connectivity index (χ4n) is 2.49. The lowest BCUT2D eigenvalue weighted by molar-refractivity contribution is 0.0288. The molecule has 0 aliphatic rings. The molecule has 3 N–H and O–H groups in total. The second kappa shape index (κ2) is 13.8. The smallest absolute Gasteiger partial charge is 0.115 e. The molecule has 6 heteroatoms. The maximum Gasteiger partial charge on any atom is 0.115 e. The minimum atomic E-state index is -0.658. The Balaban J connectivity index is 2.57. The maximum atomic E-state index is 10.3. The SMILES string of the molecule is CCCCOCC(O)CN(CC(O)COCCCC)c1ccc(O)cc1. The van der Waals surface area contributed by atoms with Crippen molar-refractivity contribution in [2.24, 2.45) is 0 Å². The number of phenols is 1. The third kappa shape index (κ3) is 9.97. The van der Waals surface area contributed by atoms with Crippen molar-refractivity contribution in [3.8, 4) is 5.75 Å². The van der Waals surface area contributed by atoms with E-state index in [4.69, 9.17) is 9.47 Å². The molecule has 0 spiro atoms. The van der Waals surface area contributed by atoms with Crippen LogP contribution in [-0.4, -0.2) is 67.0 Å². The normalized spacial score (nSPS) is 13.5. The highest BCUT2D eigenvalue weighted by molar-refractivity contribution is 5.49. The van der Waals surface area contributed by atoms with Crippen LogP contribution in [0.4, 0.5) is 5.69 Å². The first-order valence-corrected chi connectivity index (χ1v) is 9.62. The Hall–Kier alpha value is -1.34. The number of aromatic hydroxyl groups is 1. The van der Waals surface area contributed by atoms with Crippen LogP contribution in [0.25, 0.3) is 0 Å². The summed E-state index contributed by atoms with van der Waals surface area (Å²) in [7, 11) is 0. The predicted molar refractivity (Wildman–Crippen MR) is 104 cm³/mol. The highest BCUT2D eigenvalue weighted by atomic mass is 16.5. The number of nitrogens with zero attached hydrogens (tertiary/aromatic N) is 1. The van der Waals surface area contributed by atoms with E-state index in [2.05, 4.69) is 13.8 Å². The minimum absolute atomic E-state index is 0.181. The van der Waals surface area contributed by atoms with Gasteiger partial charge in [0.05, 0.1) is 25.4 Å². The molecule has 2 unspecified atom stereocenters. The molecule has 6 nitrogen and oxygen atoms in total. The number of rotatable bonds is 15. The largest absolute Gasteiger partial charge is 0.508 e. The molecule has 0 aromatic heterocycles. The summed E-state index contributed by atoms with van der Waals surface area (Å²) in [6.45, 7) is 6.66. The highest BCUT2D eigenvalue weighted by Gasteiger charge is 2.17. The van der Waals surface area contributed by atoms with Gasteiger partial charge in [0.1, 0.15) is 5.75 Å². The van der Waals surface area contributed by atoms with Gasteiger partial charge in [-0.05, 0) is 37.1 Å². The van der Waals surface area contributed by atoms with Gasteiger partial charge in [-0.25, -0.2) is 0 Å². The van der Waals surface area contributed by atoms with Gasteiger partial charge < -0.3 is 29.7 Å². The van der Waals surface area contributed by atoms with Gasteiger partial charge in [-0.1, -0.05) is 26.7 Å². The zero-order valence-electron chi connectivity index (χ0n) is 16.1. The lowest BCUT2D eigenvalue weighted by Gasteiger charge is -2.29. The number of hydrogen-bond donors (Lipinski definition) is 3. The zero-order chi connectivity index (χ0) is 19.2. The van der Waals surface area contributed by atoms with Gasteiger partial charge in [0.2, 0.25) is 0 Å². The number of unbranched alkanes of at least 4 members (excludes halogenated alkanes) is 2. The van der Waals surface area contributed by atoms with Crippen molar-refractivity contribution in [1.82, 2.24) is 0 Å². The predicted octanol–water partition coefficient (Wildman–Crippen LogP) is 2.55. The molecule has 0 heterocycles. The molecule has 1 aromatic rings. The Labute approximate surface area is 157 Å². The summed E-state index contributed by atoms with van der Waals surface area (Å²) in [5.74, 6) is 0.181. The Morgan fingerprint density at radius 3 is 1.73 bits per heavy atom. The van der Waals surface area contributed by atoms with Gasteiger partial charge in [-0.3, -0.25) is 0 Å². The Morgan fingerprint density at radius 2 is 1.31 bits per heavy atom. The van der Waals surface area contributed by atoms with Crippen LogP contribution in [-0.2, 0) is 9.47 Å². The van der Waals surface area contributed by atoms with Crippen LogP contribution < -0.4 is 4.90 Å². The molecule has 0 bridgehead atoms. The number of benzene rings is 1. The van der Waals surface area contributed by atoms with E-state index in [1.54, 1.807) is 24.3 Å². The van der Waals surface area contributed by atoms with E-state index in [0.717, 1.165) is 31.4 Å². The zero-order valence-corrected chi connectivity index (χ0v) is 16.1. The molecule has 1 aromatic carbocycles. The second-order valence-corrected chi connectivity index (χ2v) is 6.59. The van der Waals surface area contributed by atoms with Crippen molar-refractivity contribution in [3.05, 3.63) is 24.3 Å². The van der Waals surface area contributed by atoms with Crippen molar-refractivity contribution in [2.75, 3.05) is 44.4 Å². The van der Waals surface area contributed by atoms with Crippen LogP contribution >= 0.6 is 0 Å².